The van der Waals surface area contributed by atoms with Crippen LogP contribution in [0.5, 0.6) is 0 Å². The third kappa shape index (κ3) is 6.55. The van der Waals surface area contributed by atoms with Crippen LogP contribution < -0.4 is 15.5 Å². The number of anilines is 1. The Kier molecular flexibility index (Phi) is 9.30. The normalized spacial score (nSPS) is 14.6. The summed E-state index contributed by atoms with van der Waals surface area (Å²) in [5.74, 6) is 1.34. The van der Waals surface area contributed by atoms with Crippen molar-refractivity contribution in [2.24, 2.45) is 4.99 Å². The van der Waals surface area contributed by atoms with Crippen LogP contribution in [0.3, 0.4) is 0 Å². The molecule has 0 atom stereocenters. The van der Waals surface area contributed by atoms with E-state index in [0.29, 0.717) is 23.1 Å². The van der Waals surface area contributed by atoms with Gasteiger partial charge in [0.05, 0.1) is 18.2 Å². The summed E-state index contributed by atoms with van der Waals surface area (Å²) in [6.45, 7) is 6.79. The molecule has 2 heterocycles. The first-order valence-electron chi connectivity index (χ1n) is 10.00. The van der Waals surface area contributed by atoms with Gasteiger partial charge >= 0.3 is 0 Å². The number of benzene rings is 1. The monoisotopic (exact) mass is 522 g/mol. The number of hydrogen-bond donors (Lipinski definition) is 2. The number of piperidine rings is 1. The van der Waals surface area contributed by atoms with E-state index in [2.05, 4.69) is 37.6 Å². The molecule has 0 radical (unpaired) electrons. The lowest BCUT2D eigenvalue weighted by Crippen LogP contribution is -2.48. The Morgan fingerprint density at radius 3 is 2.70 bits per heavy atom. The van der Waals surface area contributed by atoms with E-state index < -0.39 is 0 Å². The SMILES string of the molecule is CCNC(=NCc1cc(C#N)ccc1F)NC1CCN(c2ccc(C)cn2)CC1.I. The van der Waals surface area contributed by atoms with Crippen LogP contribution in [0.4, 0.5) is 10.2 Å². The zero-order valence-corrected chi connectivity index (χ0v) is 19.7. The summed E-state index contributed by atoms with van der Waals surface area (Å²) in [6.07, 6.45) is 3.84. The van der Waals surface area contributed by atoms with Crippen molar-refractivity contribution in [1.82, 2.24) is 15.6 Å². The Balaban J connectivity index is 0.00000320. The number of aliphatic imine (C=N–C) groups is 1. The highest BCUT2D eigenvalue weighted by Crippen LogP contribution is 2.18. The van der Waals surface area contributed by atoms with Gasteiger partial charge in [0.1, 0.15) is 11.6 Å². The number of rotatable bonds is 5. The highest BCUT2D eigenvalue weighted by atomic mass is 127. The summed E-state index contributed by atoms with van der Waals surface area (Å²) >= 11 is 0. The van der Waals surface area contributed by atoms with Gasteiger partial charge in [-0.25, -0.2) is 14.4 Å². The number of aryl methyl sites for hydroxylation is 1. The van der Waals surface area contributed by atoms with Gasteiger partial charge in [0, 0.05) is 37.4 Å². The van der Waals surface area contributed by atoms with Crippen LogP contribution in [-0.4, -0.2) is 36.6 Å². The number of nitrogens with zero attached hydrogens (tertiary/aromatic N) is 4. The van der Waals surface area contributed by atoms with Crippen LogP contribution in [0, 0.1) is 24.1 Å². The minimum atomic E-state index is -0.345. The van der Waals surface area contributed by atoms with E-state index >= 15 is 0 Å². The molecule has 1 saturated heterocycles. The van der Waals surface area contributed by atoms with Crippen molar-refractivity contribution >= 4 is 35.8 Å². The van der Waals surface area contributed by atoms with Crippen LogP contribution in [0.15, 0.2) is 41.5 Å². The third-order valence-electron chi connectivity index (χ3n) is 4.98. The molecule has 0 unspecified atom stereocenters. The molecule has 0 saturated carbocycles. The van der Waals surface area contributed by atoms with Crippen molar-refractivity contribution in [3.8, 4) is 6.07 Å². The molecular weight excluding hydrogens is 494 g/mol. The van der Waals surface area contributed by atoms with Crippen molar-refractivity contribution in [2.75, 3.05) is 24.5 Å². The summed E-state index contributed by atoms with van der Waals surface area (Å²) in [4.78, 5) is 11.3. The van der Waals surface area contributed by atoms with Gasteiger partial charge in [0.25, 0.3) is 0 Å². The fraction of sp³-hybridized carbons (Fsp3) is 0.409. The molecule has 0 spiro atoms. The van der Waals surface area contributed by atoms with Gasteiger partial charge in [-0.05, 0) is 56.5 Å². The Morgan fingerprint density at radius 1 is 1.30 bits per heavy atom. The smallest absolute Gasteiger partial charge is 0.191 e. The van der Waals surface area contributed by atoms with Crippen molar-refractivity contribution in [2.45, 2.75) is 39.3 Å². The number of aromatic nitrogens is 1. The highest BCUT2D eigenvalue weighted by molar-refractivity contribution is 14.0. The minimum absolute atomic E-state index is 0. The van der Waals surface area contributed by atoms with Gasteiger partial charge in [-0.3, -0.25) is 0 Å². The number of nitriles is 1. The molecule has 1 fully saturated rings. The Labute approximate surface area is 194 Å². The average Bonchev–Trinajstić information content (AvgIpc) is 2.74. The molecular formula is C22H28FIN6. The molecule has 2 N–H and O–H groups in total. The van der Waals surface area contributed by atoms with Gasteiger partial charge < -0.3 is 15.5 Å². The molecule has 1 aliphatic heterocycles. The fourth-order valence-corrected chi connectivity index (χ4v) is 3.34. The maximum Gasteiger partial charge on any atom is 0.191 e. The van der Waals surface area contributed by atoms with E-state index in [1.165, 1.54) is 12.1 Å². The summed E-state index contributed by atoms with van der Waals surface area (Å²) in [5, 5.41) is 15.7. The fourth-order valence-electron chi connectivity index (χ4n) is 3.34. The van der Waals surface area contributed by atoms with Crippen LogP contribution in [0.25, 0.3) is 0 Å². The second kappa shape index (κ2) is 11.7. The lowest BCUT2D eigenvalue weighted by Gasteiger charge is -2.33. The minimum Gasteiger partial charge on any atom is -0.357 e. The van der Waals surface area contributed by atoms with E-state index in [4.69, 9.17) is 5.26 Å². The third-order valence-corrected chi connectivity index (χ3v) is 4.98. The van der Waals surface area contributed by atoms with Crippen LogP contribution in [0.2, 0.25) is 0 Å². The van der Waals surface area contributed by atoms with Crippen LogP contribution >= 0.6 is 24.0 Å². The molecule has 8 heteroatoms. The Hall–Kier alpha value is -2.41. The molecule has 3 rings (SSSR count). The summed E-state index contributed by atoms with van der Waals surface area (Å²) in [6, 6.07) is 10.8. The number of pyridine rings is 1. The lowest BCUT2D eigenvalue weighted by molar-refractivity contribution is 0.459. The largest absolute Gasteiger partial charge is 0.357 e. The second-order valence-corrected chi connectivity index (χ2v) is 7.21. The number of halogens is 2. The highest BCUT2D eigenvalue weighted by Gasteiger charge is 2.21. The van der Waals surface area contributed by atoms with Gasteiger partial charge in [-0.1, -0.05) is 6.07 Å². The standard InChI is InChI=1S/C22H27FN6.HI/c1-3-25-22(27-15-18-12-17(13-24)5-6-20(18)23)28-19-8-10-29(11-9-19)21-7-4-16(2)14-26-21;/h4-7,12,14,19H,3,8-11,15H2,1-2H3,(H2,25,27,28);1H. The van der Waals surface area contributed by atoms with Gasteiger partial charge in [0.15, 0.2) is 5.96 Å². The van der Waals surface area contributed by atoms with Crippen molar-refractivity contribution in [1.29, 1.82) is 5.26 Å². The first kappa shape index (κ1) is 23.9. The van der Waals surface area contributed by atoms with E-state index in [9.17, 15) is 4.39 Å². The molecule has 1 aromatic heterocycles. The number of guanidine groups is 1. The lowest BCUT2D eigenvalue weighted by atomic mass is 10.1. The molecule has 160 valence electrons. The predicted octanol–water partition coefficient (Wildman–Crippen LogP) is 3.74. The van der Waals surface area contributed by atoms with E-state index in [1.54, 1.807) is 6.07 Å². The predicted molar refractivity (Wildman–Crippen MR) is 129 cm³/mol. The van der Waals surface area contributed by atoms with E-state index in [-0.39, 0.29) is 36.3 Å². The van der Waals surface area contributed by atoms with Gasteiger partial charge in [-0.15, -0.1) is 24.0 Å². The summed E-state index contributed by atoms with van der Waals surface area (Å²) in [7, 11) is 0. The first-order chi connectivity index (χ1) is 14.1. The van der Waals surface area contributed by atoms with Crippen molar-refractivity contribution < 1.29 is 4.39 Å². The van der Waals surface area contributed by atoms with Gasteiger partial charge in [0.2, 0.25) is 0 Å². The molecule has 2 aromatic rings. The molecule has 6 nitrogen and oxygen atoms in total. The van der Waals surface area contributed by atoms with Gasteiger partial charge in [-0.2, -0.15) is 5.26 Å². The molecule has 1 aromatic carbocycles. The summed E-state index contributed by atoms with van der Waals surface area (Å²) < 4.78 is 14.0. The first-order valence-corrected chi connectivity index (χ1v) is 10.00. The van der Waals surface area contributed by atoms with E-state index in [1.807, 2.05) is 26.1 Å². The second-order valence-electron chi connectivity index (χ2n) is 7.21. The molecule has 0 aliphatic carbocycles. The van der Waals surface area contributed by atoms with Crippen molar-refractivity contribution in [3.05, 3.63) is 59.0 Å². The summed E-state index contributed by atoms with van der Waals surface area (Å²) in [5.41, 5.74) is 2.02. The molecule has 1 aliphatic rings. The van der Waals surface area contributed by atoms with Crippen LogP contribution in [-0.2, 0) is 6.54 Å². The quantitative estimate of drug-likeness (QED) is 0.356. The number of nitrogens with one attached hydrogen (secondary N) is 2. The number of hydrogen-bond acceptors (Lipinski definition) is 4. The molecule has 0 bridgehead atoms. The van der Waals surface area contributed by atoms with Crippen LogP contribution in [0.1, 0.15) is 36.5 Å². The van der Waals surface area contributed by atoms with E-state index in [0.717, 1.165) is 43.9 Å². The molecule has 30 heavy (non-hydrogen) atoms. The molecule has 0 amide bonds. The zero-order chi connectivity index (χ0) is 20.6. The Morgan fingerprint density at radius 2 is 2.07 bits per heavy atom. The Bertz CT molecular complexity index is 885. The average molecular weight is 522 g/mol. The maximum atomic E-state index is 14.0. The zero-order valence-electron chi connectivity index (χ0n) is 17.4. The van der Waals surface area contributed by atoms with Crippen molar-refractivity contribution in [3.63, 3.8) is 0 Å². The maximum absolute atomic E-state index is 14.0. The topological polar surface area (TPSA) is 76.3 Å².